The highest BCUT2D eigenvalue weighted by Crippen LogP contribution is 2.30. The topological polar surface area (TPSA) is 62.0 Å². The normalized spacial score (nSPS) is 17.6. The number of hydrogen-bond donors (Lipinski definition) is 0. The molecule has 0 radical (unpaired) electrons. The maximum absolute atomic E-state index is 12.7. The molecule has 8 heteroatoms. The van der Waals surface area contributed by atoms with Crippen molar-refractivity contribution in [2.24, 2.45) is 5.92 Å². The lowest BCUT2D eigenvalue weighted by Gasteiger charge is -2.34. The number of halogens is 3. The fourth-order valence-electron chi connectivity index (χ4n) is 3.02. The van der Waals surface area contributed by atoms with Gasteiger partial charge >= 0.3 is 6.18 Å². The van der Waals surface area contributed by atoms with Gasteiger partial charge < -0.3 is 9.64 Å². The van der Waals surface area contributed by atoms with Crippen LogP contribution >= 0.6 is 0 Å². The SMILES string of the molecule is N#Cc1ccncc1N1CCCC(COc2ccnc(C(F)(F)F)c2)C1. The molecule has 1 saturated heterocycles. The molecule has 0 spiro atoms. The highest BCUT2D eigenvalue weighted by molar-refractivity contribution is 5.57. The fraction of sp³-hybridized carbons (Fsp3) is 0.389. The second-order valence-corrected chi connectivity index (χ2v) is 6.14. The summed E-state index contributed by atoms with van der Waals surface area (Å²) >= 11 is 0. The number of pyridine rings is 2. The Morgan fingerprint density at radius 1 is 1.31 bits per heavy atom. The Hall–Kier alpha value is -2.82. The fourth-order valence-corrected chi connectivity index (χ4v) is 3.02. The van der Waals surface area contributed by atoms with Crippen LogP contribution in [0.4, 0.5) is 18.9 Å². The zero-order valence-electron chi connectivity index (χ0n) is 13.9. The molecule has 136 valence electrons. The molecular weight excluding hydrogens is 345 g/mol. The van der Waals surface area contributed by atoms with Gasteiger partial charge in [-0.3, -0.25) is 9.97 Å². The Labute approximate surface area is 149 Å². The number of nitrogens with zero attached hydrogens (tertiary/aromatic N) is 4. The van der Waals surface area contributed by atoms with Gasteiger partial charge in [0, 0.05) is 37.5 Å². The molecule has 26 heavy (non-hydrogen) atoms. The summed E-state index contributed by atoms with van der Waals surface area (Å²) in [5, 5.41) is 9.23. The van der Waals surface area contributed by atoms with Crippen molar-refractivity contribution < 1.29 is 17.9 Å². The van der Waals surface area contributed by atoms with E-state index in [9.17, 15) is 18.4 Å². The molecule has 3 rings (SSSR count). The Bertz CT molecular complexity index is 804. The predicted molar refractivity (Wildman–Crippen MR) is 88.6 cm³/mol. The maximum Gasteiger partial charge on any atom is 0.433 e. The molecule has 0 bridgehead atoms. The molecular formula is C18H17F3N4O. The van der Waals surface area contributed by atoms with E-state index in [0.717, 1.165) is 37.3 Å². The predicted octanol–water partition coefficient (Wildman–Crippen LogP) is 3.66. The molecule has 0 amide bonds. The van der Waals surface area contributed by atoms with E-state index in [-0.39, 0.29) is 11.7 Å². The third kappa shape index (κ3) is 4.23. The van der Waals surface area contributed by atoms with Gasteiger partial charge in [0.05, 0.1) is 24.1 Å². The van der Waals surface area contributed by atoms with E-state index in [1.54, 1.807) is 18.5 Å². The van der Waals surface area contributed by atoms with Crippen molar-refractivity contribution in [1.82, 2.24) is 9.97 Å². The van der Waals surface area contributed by atoms with E-state index in [4.69, 9.17) is 4.74 Å². The Morgan fingerprint density at radius 2 is 2.15 bits per heavy atom. The van der Waals surface area contributed by atoms with Gasteiger partial charge in [-0.2, -0.15) is 18.4 Å². The first-order valence-electron chi connectivity index (χ1n) is 8.22. The molecule has 1 unspecified atom stereocenters. The van der Waals surface area contributed by atoms with E-state index in [2.05, 4.69) is 20.9 Å². The van der Waals surface area contributed by atoms with Crippen LogP contribution in [-0.4, -0.2) is 29.7 Å². The smallest absolute Gasteiger partial charge is 0.433 e. The summed E-state index contributed by atoms with van der Waals surface area (Å²) < 4.78 is 43.7. The van der Waals surface area contributed by atoms with E-state index < -0.39 is 11.9 Å². The molecule has 0 aromatic carbocycles. The number of aromatic nitrogens is 2. The van der Waals surface area contributed by atoms with Crippen molar-refractivity contribution >= 4 is 5.69 Å². The molecule has 1 aliphatic rings. The van der Waals surface area contributed by atoms with Crippen LogP contribution in [0.15, 0.2) is 36.8 Å². The lowest BCUT2D eigenvalue weighted by Crippen LogP contribution is -2.38. The van der Waals surface area contributed by atoms with Crippen molar-refractivity contribution in [3.8, 4) is 11.8 Å². The molecule has 1 atom stereocenters. The van der Waals surface area contributed by atoms with Crippen LogP contribution < -0.4 is 9.64 Å². The van der Waals surface area contributed by atoms with Gasteiger partial charge in [-0.15, -0.1) is 0 Å². The van der Waals surface area contributed by atoms with Crippen LogP contribution in [0.1, 0.15) is 24.1 Å². The second-order valence-electron chi connectivity index (χ2n) is 6.14. The van der Waals surface area contributed by atoms with Crippen LogP contribution in [0.2, 0.25) is 0 Å². The summed E-state index contributed by atoms with van der Waals surface area (Å²) in [5.41, 5.74) is 0.378. The van der Waals surface area contributed by atoms with Crippen LogP contribution in [0, 0.1) is 17.2 Å². The summed E-state index contributed by atoms with van der Waals surface area (Å²) in [5.74, 6) is 0.307. The minimum absolute atomic E-state index is 0.151. The average Bonchev–Trinajstić information content (AvgIpc) is 2.66. The maximum atomic E-state index is 12.7. The standard InChI is InChI=1S/C18H17F3N4O/c19-18(20,21)17-8-15(4-6-24-17)26-12-13-2-1-7-25(11-13)16-10-23-5-3-14(16)9-22/h3-6,8,10,13H,1-2,7,11-12H2. The number of anilines is 1. The average molecular weight is 362 g/mol. The largest absolute Gasteiger partial charge is 0.493 e. The minimum atomic E-state index is -4.49. The van der Waals surface area contributed by atoms with Crippen LogP contribution in [0.3, 0.4) is 0 Å². The number of nitriles is 1. The van der Waals surface area contributed by atoms with E-state index >= 15 is 0 Å². The van der Waals surface area contributed by atoms with Gasteiger partial charge in [0.25, 0.3) is 0 Å². The molecule has 1 fully saturated rings. The second kappa shape index (κ2) is 7.60. The number of hydrogen-bond acceptors (Lipinski definition) is 5. The lowest BCUT2D eigenvalue weighted by atomic mass is 9.98. The molecule has 3 heterocycles. The van der Waals surface area contributed by atoms with Gasteiger partial charge in [0.1, 0.15) is 17.5 Å². The number of ether oxygens (including phenoxy) is 1. The van der Waals surface area contributed by atoms with Crippen LogP contribution in [0.5, 0.6) is 5.75 Å². The van der Waals surface area contributed by atoms with Crippen molar-refractivity contribution in [1.29, 1.82) is 5.26 Å². The quantitative estimate of drug-likeness (QED) is 0.831. The van der Waals surface area contributed by atoms with Crippen molar-refractivity contribution in [3.63, 3.8) is 0 Å². The summed E-state index contributed by atoms with van der Waals surface area (Å²) in [6, 6.07) is 6.16. The van der Waals surface area contributed by atoms with E-state index in [0.29, 0.717) is 18.7 Å². The molecule has 2 aromatic rings. The van der Waals surface area contributed by atoms with Crippen molar-refractivity contribution in [3.05, 3.63) is 48.0 Å². The molecule has 5 nitrogen and oxygen atoms in total. The van der Waals surface area contributed by atoms with Crippen LogP contribution in [-0.2, 0) is 6.18 Å². The monoisotopic (exact) mass is 362 g/mol. The minimum Gasteiger partial charge on any atom is -0.493 e. The Balaban J connectivity index is 1.64. The zero-order valence-corrected chi connectivity index (χ0v) is 13.9. The van der Waals surface area contributed by atoms with Gasteiger partial charge in [0.2, 0.25) is 0 Å². The third-order valence-corrected chi connectivity index (χ3v) is 4.29. The Morgan fingerprint density at radius 3 is 2.92 bits per heavy atom. The highest BCUT2D eigenvalue weighted by atomic mass is 19.4. The van der Waals surface area contributed by atoms with Gasteiger partial charge in [0.15, 0.2) is 0 Å². The summed E-state index contributed by atoms with van der Waals surface area (Å²) in [6.45, 7) is 1.78. The first kappa shape index (κ1) is 18.0. The van der Waals surface area contributed by atoms with Crippen molar-refractivity contribution in [2.75, 3.05) is 24.6 Å². The first-order valence-corrected chi connectivity index (χ1v) is 8.22. The van der Waals surface area contributed by atoms with Crippen LogP contribution in [0.25, 0.3) is 0 Å². The number of rotatable bonds is 4. The lowest BCUT2D eigenvalue weighted by molar-refractivity contribution is -0.141. The number of alkyl halides is 3. The summed E-state index contributed by atoms with van der Waals surface area (Å²) in [7, 11) is 0. The van der Waals surface area contributed by atoms with E-state index in [1.165, 1.54) is 6.07 Å². The summed E-state index contributed by atoms with van der Waals surface area (Å²) in [4.78, 5) is 9.49. The number of piperidine rings is 1. The third-order valence-electron chi connectivity index (χ3n) is 4.29. The first-order chi connectivity index (χ1) is 12.5. The molecule has 0 saturated carbocycles. The summed E-state index contributed by atoms with van der Waals surface area (Å²) in [6.07, 6.45) is 1.68. The van der Waals surface area contributed by atoms with Crippen molar-refractivity contribution in [2.45, 2.75) is 19.0 Å². The highest BCUT2D eigenvalue weighted by Gasteiger charge is 2.32. The molecule has 0 N–H and O–H groups in total. The van der Waals surface area contributed by atoms with Gasteiger partial charge in [-0.1, -0.05) is 0 Å². The van der Waals surface area contributed by atoms with Gasteiger partial charge in [-0.25, -0.2) is 0 Å². The van der Waals surface area contributed by atoms with E-state index in [1.807, 2.05) is 0 Å². The molecule has 0 aliphatic carbocycles. The molecule has 1 aliphatic heterocycles. The van der Waals surface area contributed by atoms with Gasteiger partial charge in [-0.05, 0) is 25.0 Å². The molecule has 2 aromatic heterocycles. The Kier molecular flexibility index (Phi) is 5.26. The zero-order chi connectivity index (χ0) is 18.6.